The highest BCUT2D eigenvalue weighted by molar-refractivity contribution is 5.92. The van der Waals surface area contributed by atoms with Crippen molar-refractivity contribution < 1.29 is 18.7 Å². The Labute approximate surface area is 181 Å². The molecule has 0 radical (unpaired) electrons. The number of nitrogens with one attached hydrogen (secondary N) is 2. The van der Waals surface area contributed by atoms with Crippen molar-refractivity contribution in [3.63, 3.8) is 0 Å². The number of aryl methyl sites for hydroxylation is 2. The van der Waals surface area contributed by atoms with Crippen LogP contribution in [0.2, 0.25) is 0 Å². The van der Waals surface area contributed by atoms with Gasteiger partial charge in [-0.05, 0) is 31.0 Å². The number of ether oxygens (including phenoxy) is 1. The summed E-state index contributed by atoms with van der Waals surface area (Å²) in [6, 6.07) is 14.9. The van der Waals surface area contributed by atoms with E-state index in [2.05, 4.69) is 15.6 Å². The van der Waals surface area contributed by atoms with Crippen molar-refractivity contribution in [2.24, 2.45) is 5.92 Å². The van der Waals surface area contributed by atoms with Gasteiger partial charge in [-0.15, -0.1) is 0 Å². The van der Waals surface area contributed by atoms with E-state index in [1.165, 1.54) is 5.56 Å². The van der Waals surface area contributed by atoms with Gasteiger partial charge in [0.1, 0.15) is 0 Å². The normalized spacial score (nSPS) is 10.7. The van der Waals surface area contributed by atoms with Gasteiger partial charge in [-0.3, -0.25) is 10.1 Å². The summed E-state index contributed by atoms with van der Waals surface area (Å²) in [6.07, 6.45) is 1.76. The van der Waals surface area contributed by atoms with Crippen LogP contribution in [0.1, 0.15) is 31.7 Å². The Hall–Kier alpha value is -3.61. The lowest BCUT2D eigenvalue weighted by molar-refractivity contribution is -0.116. The van der Waals surface area contributed by atoms with E-state index in [0.29, 0.717) is 36.1 Å². The highest BCUT2D eigenvalue weighted by Crippen LogP contribution is 2.21. The Kier molecular flexibility index (Phi) is 7.43. The van der Waals surface area contributed by atoms with Gasteiger partial charge in [0, 0.05) is 29.8 Å². The molecule has 0 spiro atoms. The van der Waals surface area contributed by atoms with Gasteiger partial charge in [0.25, 0.3) is 0 Å². The molecule has 0 aliphatic carbocycles. The summed E-state index contributed by atoms with van der Waals surface area (Å²) in [5.74, 6) is 1.27. The fraction of sp³-hybridized carbons (Fsp3) is 0.292. The first-order valence-corrected chi connectivity index (χ1v) is 10.2. The molecule has 0 unspecified atom stereocenters. The van der Waals surface area contributed by atoms with Gasteiger partial charge in [-0.25, -0.2) is 9.78 Å². The summed E-state index contributed by atoms with van der Waals surface area (Å²) in [7, 11) is 0. The largest absolute Gasteiger partial charge is 0.449 e. The fourth-order valence-corrected chi connectivity index (χ4v) is 2.79. The summed E-state index contributed by atoms with van der Waals surface area (Å²) in [4.78, 5) is 28.4. The van der Waals surface area contributed by atoms with E-state index in [1.807, 2.05) is 45.0 Å². The molecule has 3 aromatic rings. The second kappa shape index (κ2) is 10.4. The summed E-state index contributed by atoms with van der Waals surface area (Å²) >= 11 is 0. The van der Waals surface area contributed by atoms with Crippen molar-refractivity contribution in [1.82, 2.24) is 4.98 Å². The molecule has 2 N–H and O–H groups in total. The molecule has 0 bridgehead atoms. The van der Waals surface area contributed by atoms with Gasteiger partial charge < -0.3 is 14.5 Å². The quantitative estimate of drug-likeness (QED) is 0.506. The Morgan fingerprint density at radius 3 is 2.48 bits per heavy atom. The van der Waals surface area contributed by atoms with Crippen LogP contribution in [0.5, 0.6) is 0 Å². The zero-order valence-electron chi connectivity index (χ0n) is 18.0. The number of aromatic nitrogens is 1. The maximum Gasteiger partial charge on any atom is 0.411 e. The molecule has 162 valence electrons. The zero-order valence-corrected chi connectivity index (χ0v) is 18.0. The van der Waals surface area contributed by atoms with E-state index in [1.54, 1.807) is 30.5 Å². The molecule has 2 aromatic carbocycles. The summed E-state index contributed by atoms with van der Waals surface area (Å²) in [6.45, 7) is 6.29. The molecular formula is C24H27N3O4. The third-order valence-electron chi connectivity index (χ3n) is 4.40. The number of benzene rings is 2. The molecule has 1 heterocycles. The van der Waals surface area contributed by atoms with E-state index in [-0.39, 0.29) is 18.2 Å². The number of carbonyl (C=O) groups is 2. The number of rotatable bonds is 8. The van der Waals surface area contributed by atoms with Gasteiger partial charge in [-0.1, -0.05) is 49.7 Å². The highest BCUT2D eigenvalue weighted by atomic mass is 16.5. The average Bonchev–Trinajstić information content (AvgIpc) is 3.21. The maximum atomic E-state index is 12.3. The van der Waals surface area contributed by atoms with E-state index in [9.17, 15) is 9.59 Å². The van der Waals surface area contributed by atoms with Crippen molar-refractivity contribution in [3.8, 4) is 11.3 Å². The Balaban J connectivity index is 1.50. The summed E-state index contributed by atoms with van der Waals surface area (Å²) in [5, 5.41) is 5.47. The Morgan fingerprint density at radius 1 is 1.06 bits per heavy atom. The molecular weight excluding hydrogens is 394 g/mol. The number of anilines is 2. The first-order chi connectivity index (χ1) is 14.9. The van der Waals surface area contributed by atoms with Crippen LogP contribution in [0.4, 0.5) is 16.2 Å². The van der Waals surface area contributed by atoms with Crippen molar-refractivity contribution >= 4 is 23.4 Å². The monoisotopic (exact) mass is 421 g/mol. The first-order valence-electron chi connectivity index (χ1n) is 10.2. The van der Waals surface area contributed by atoms with Crippen LogP contribution >= 0.6 is 0 Å². The van der Waals surface area contributed by atoms with Crippen molar-refractivity contribution in [2.75, 3.05) is 17.2 Å². The standard InChI is InChI=1S/C24H27N3O4/c1-16(2)15-30-24(29)27-20-6-4-5-19(13-20)26-22(28)11-12-23-25-14-21(31-23)18-9-7-17(3)8-10-18/h4-10,13-14,16H,11-12,15H2,1-3H3,(H,26,28)(H,27,29). The van der Waals surface area contributed by atoms with Crippen LogP contribution in [-0.4, -0.2) is 23.6 Å². The van der Waals surface area contributed by atoms with Crippen LogP contribution < -0.4 is 10.6 Å². The van der Waals surface area contributed by atoms with Crippen LogP contribution in [-0.2, 0) is 16.0 Å². The number of amides is 2. The lowest BCUT2D eigenvalue weighted by atomic mass is 10.1. The second-order valence-electron chi connectivity index (χ2n) is 7.73. The minimum absolute atomic E-state index is 0.172. The van der Waals surface area contributed by atoms with E-state index >= 15 is 0 Å². The third kappa shape index (κ3) is 6.99. The van der Waals surface area contributed by atoms with Crippen LogP contribution in [0.3, 0.4) is 0 Å². The Bertz CT molecular complexity index is 1030. The van der Waals surface area contributed by atoms with Crippen molar-refractivity contribution in [1.29, 1.82) is 0 Å². The number of hydrogen-bond donors (Lipinski definition) is 2. The number of oxazole rings is 1. The predicted octanol–water partition coefficient (Wildman–Crippen LogP) is 5.43. The molecule has 0 aliphatic rings. The number of nitrogens with zero attached hydrogens (tertiary/aromatic N) is 1. The molecule has 0 saturated carbocycles. The van der Waals surface area contributed by atoms with Gasteiger partial charge >= 0.3 is 6.09 Å². The van der Waals surface area contributed by atoms with Gasteiger partial charge in [0.15, 0.2) is 11.7 Å². The summed E-state index contributed by atoms with van der Waals surface area (Å²) in [5.41, 5.74) is 3.25. The molecule has 0 atom stereocenters. The van der Waals surface area contributed by atoms with Crippen LogP contribution in [0.25, 0.3) is 11.3 Å². The van der Waals surface area contributed by atoms with E-state index in [4.69, 9.17) is 9.15 Å². The first kappa shape index (κ1) is 22.1. The smallest absolute Gasteiger partial charge is 0.411 e. The second-order valence-corrected chi connectivity index (χ2v) is 7.73. The molecule has 0 saturated heterocycles. The molecule has 1 aromatic heterocycles. The minimum atomic E-state index is -0.523. The lowest BCUT2D eigenvalue weighted by Gasteiger charge is -2.10. The molecule has 0 fully saturated rings. The highest BCUT2D eigenvalue weighted by Gasteiger charge is 2.10. The van der Waals surface area contributed by atoms with Crippen molar-refractivity contribution in [2.45, 2.75) is 33.6 Å². The molecule has 7 nitrogen and oxygen atoms in total. The van der Waals surface area contributed by atoms with Gasteiger partial charge in [-0.2, -0.15) is 0 Å². The zero-order chi connectivity index (χ0) is 22.2. The van der Waals surface area contributed by atoms with Gasteiger partial charge in [0.05, 0.1) is 12.8 Å². The molecule has 0 aliphatic heterocycles. The average molecular weight is 421 g/mol. The molecule has 7 heteroatoms. The van der Waals surface area contributed by atoms with Crippen molar-refractivity contribution in [3.05, 3.63) is 66.2 Å². The maximum absolute atomic E-state index is 12.3. The van der Waals surface area contributed by atoms with Crippen LogP contribution in [0, 0.1) is 12.8 Å². The van der Waals surface area contributed by atoms with E-state index in [0.717, 1.165) is 5.56 Å². The molecule has 2 amide bonds. The third-order valence-corrected chi connectivity index (χ3v) is 4.40. The fourth-order valence-electron chi connectivity index (χ4n) is 2.79. The molecule has 3 rings (SSSR count). The van der Waals surface area contributed by atoms with Gasteiger partial charge in [0.2, 0.25) is 5.91 Å². The predicted molar refractivity (Wildman–Crippen MR) is 120 cm³/mol. The Morgan fingerprint density at radius 2 is 1.77 bits per heavy atom. The molecule has 31 heavy (non-hydrogen) atoms. The number of carbonyl (C=O) groups excluding carboxylic acids is 2. The SMILES string of the molecule is Cc1ccc(-c2cnc(CCC(=O)Nc3cccc(NC(=O)OCC(C)C)c3)o2)cc1. The lowest BCUT2D eigenvalue weighted by Crippen LogP contribution is -2.17. The topological polar surface area (TPSA) is 93.5 Å². The minimum Gasteiger partial charge on any atom is -0.449 e. The number of hydrogen-bond acceptors (Lipinski definition) is 5. The van der Waals surface area contributed by atoms with E-state index < -0.39 is 6.09 Å². The summed E-state index contributed by atoms with van der Waals surface area (Å²) < 4.78 is 10.9. The van der Waals surface area contributed by atoms with Crippen LogP contribution in [0.15, 0.2) is 59.1 Å².